The van der Waals surface area contributed by atoms with Crippen LogP contribution < -0.4 is 0 Å². The Balaban J connectivity index is 1.94. The Morgan fingerprint density at radius 1 is 1.05 bits per heavy atom. The van der Waals surface area contributed by atoms with Crippen LogP contribution in [0.15, 0.2) is 54.6 Å². The molecule has 0 aliphatic heterocycles. The molecule has 0 saturated heterocycles. The topological polar surface area (TPSA) is 23.5 Å². The van der Waals surface area contributed by atoms with Crippen molar-refractivity contribution in [3.8, 4) is 0 Å². The summed E-state index contributed by atoms with van der Waals surface area (Å²) in [5.41, 5.74) is 2.10. The summed E-state index contributed by atoms with van der Waals surface area (Å²) >= 11 is 6.18. The molecule has 0 aliphatic carbocycles. The second kappa shape index (κ2) is 7.60. The van der Waals surface area contributed by atoms with E-state index in [9.17, 15) is 5.11 Å². The fourth-order valence-corrected chi connectivity index (χ4v) is 2.60. The van der Waals surface area contributed by atoms with E-state index < -0.39 is 6.10 Å². The van der Waals surface area contributed by atoms with Crippen LogP contribution in [0, 0.1) is 0 Å². The molecule has 0 heterocycles. The van der Waals surface area contributed by atoms with Crippen LogP contribution in [0.3, 0.4) is 0 Å². The minimum atomic E-state index is -0.484. The van der Waals surface area contributed by atoms with E-state index in [-0.39, 0.29) is 6.04 Å². The highest BCUT2D eigenvalue weighted by molar-refractivity contribution is 6.31. The zero-order valence-electron chi connectivity index (χ0n) is 12.5. The van der Waals surface area contributed by atoms with Gasteiger partial charge in [0.15, 0.2) is 0 Å². The van der Waals surface area contributed by atoms with Gasteiger partial charge in [-0.1, -0.05) is 60.1 Å². The van der Waals surface area contributed by atoms with Gasteiger partial charge >= 0.3 is 0 Å². The molecule has 2 rings (SSSR count). The molecular weight excluding hydrogens is 282 g/mol. The van der Waals surface area contributed by atoms with E-state index in [0.29, 0.717) is 0 Å². The van der Waals surface area contributed by atoms with Crippen LogP contribution in [0.1, 0.15) is 24.2 Å². The number of hydrogen-bond acceptors (Lipinski definition) is 2. The van der Waals surface area contributed by atoms with Crippen LogP contribution in [0.25, 0.3) is 0 Å². The van der Waals surface area contributed by atoms with Gasteiger partial charge < -0.3 is 10.0 Å². The standard InChI is InChI=1S/C18H22ClNO/c1-14(18(21)16-9-4-3-5-10-16)20(2)13-12-15-8-6-7-11-17(15)19/h3-11,14,18,21H,12-13H2,1-2H3/t14-,18-/m1/s1. The van der Waals surface area contributed by atoms with Crippen LogP contribution in [-0.2, 0) is 6.42 Å². The number of likely N-dealkylation sites (N-methyl/N-ethyl adjacent to an activating group) is 1. The van der Waals surface area contributed by atoms with Crippen molar-refractivity contribution in [2.45, 2.75) is 25.5 Å². The maximum Gasteiger partial charge on any atom is 0.0942 e. The molecule has 3 heteroatoms. The van der Waals surface area contributed by atoms with Crippen molar-refractivity contribution >= 4 is 11.6 Å². The second-order valence-corrected chi connectivity index (χ2v) is 5.83. The molecule has 0 unspecified atom stereocenters. The van der Waals surface area contributed by atoms with Gasteiger partial charge in [0.05, 0.1) is 6.10 Å². The van der Waals surface area contributed by atoms with Crippen LogP contribution >= 0.6 is 11.6 Å². The molecule has 21 heavy (non-hydrogen) atoms. The molecule has 2 aromatic rings. The molecule has 0 bridgehead atoms. The van der Waals surface area contributed by atoms with Gasteiger partial charge in [-0.15, -0.1) is 0 Å². The number of nitrogens with zero attached hydrogens (tertiary/aromatic N) is 1. The lowest BCUT2D eigenvalue weighted by Crippen LogP contribution is -2.35. The fraction of sp³-hybridized carbons (Fsp3) is 0.333. The third-order valence-electron chi connectivity index (χ3n) is 3.98. The average Bonchev–Trinajstić information content (AvgIpc) is 2.53. The second-order valence-electron chi connectivity index (χ2n) is 5.42. The predicted molar refractivity (Wildman–Crippen MR) is 88.6 cm³/mol. The maximum absolute atomic E-state index is 10.4. The van der Waals surface area contributed by atoms with Gasteiger partial charge in [-0.25, -0.2) is 0 Å². The fourth-order valence-electron chi connectivity index (χ4n) is 2.37. The zero-order valence-corrected chi connectivity index (χ0v) is 13.3. The van der Waals surface area contributed by atoms with Crippen molar-refractivity contribution in [1.29, 1.82) is 0 Å². The first kappa shape index (κ1) is 16.0. The quantitative estimate of drug-likeness (QED) is 0.874. The SMILES string of the molecule is C[C@H]([C@@H](O)c1ccccc1)N(C)CCc1ccccc1Cl. The third-order valence-corrected chi connectivity index (χ3v) is 4.35. The summed E-state index contributed by atoms with van der Waals surface area (Å²) in [5, 5.41) is 11.3. The minimum absolute atomic E-state index is 0.0508. The maximum atomic E-state index is 10.4. The Kier molecular flexibility index (Phi) is 5.80. The Bertz CT molecular complexity index is 558. The van der Waals surface area contributed by atoms with Gasteiger partial charge in [0, 0.05) is 17.6 Å². The molecular formula is C18H22ClNO. The first-order chi connectivity index (χ1) is 10.1. The van der Waals surface area contributed by atoms with Gasteiger partial charge in [0.2, 0.25) is 0 Å². The number of aliphatic hydroxyl groups excluding tert-OH is 1. The van der Waals surface area contributed by atoms with Crippen molar-refractivity contribution in [2.24, 2.45) is 0 Å². The molecule has 1 N–H and O–H groups in total. The molecule has 0 fully saturated rings. The first-order valence-electron chi connectivity index (χ1n) is 7.26. The molecule has 2 aromatic carbocycles. The molecule has 0 amide bonds. The third kappa shape index (κ3) is 4.31. The van der Waals surface area contributed by atoms with Crippen molar-refractivity contribution in [3.63, 3.8) is 0 Å². The van der Waals surface area contributed by atoms with E-state index in [1.54, 1.807) is 0 Å². The van der Waals surface area contributed by atoms with Crippen LogP contribution in [0.4, 0.5) is 0 Å². The average molecular weight is 304 g/mol. The summed E-state index contributed by atoms with van der Waals surface area (Å²) in [5.74, 6) is 0. The van der Waals surface area contributed by atoms with Crippen molar-refractivity contribution in [1.82, 2.24) is 4.90 Å². The zero-order chi connectivity index (χ0) is 15.2. The lowest BCUT2D eigenvalue weighted by molar-refractivity contribution is 0.0732. The molecule has 0 aromatic heterocycles. The molecule has 2 atom stereocenters. The van der Waals surface area contributed by atoms with E-state index in [4.69, 9.17) is 11.6 Å². The molecule has 0 saturated carbocycles. The Morgan fingerprint density at radius 3 is 2.33 bits per heavy atom. The van der Waals surface area contributed by atoms with Gasteiger partial charge in [-0.3, -0.25) is 0 Å². The van der Waals surface area contributed by atoms with E-state index in [2.05, 4.69) is 11.0 Å². The molecule has 2 nitrogen and oxygen atoms in total. The number of benzene rings is 2. The van der Waals surface area contributed by atoms with Gasteiger partial charge in [0.25, 0.3) is 0 Å². The van der Waals surface area contributed by atoms with Gasteiger partial charge in [-0.2, -0.15) is 0 Å². The highest BCUT2D eigenvalue weighted by atomic mass is 35.5. The van der Waals surface area contributed by atoms with E-state index in [1.807, 2.05) is 62.5 Å². The van der Waals surface area contributed by atoms with Crippen LogP contribution in [0.5, 0.6) is 0 Å². The number of rotatable bonds is 6. The van der Waals surface area contributed by atoms with Crippen molar-refractivity contribution < 1.29 is 5.11 Å². The lowest BCUT2D eigenvalue weighted by atomic mass is 10.0. The Hall–Kier alpha value is -1.35. The van der Waals surface area contributed by atoms with Crippen LogP contribution in [-0.4, -0.2) is 29.6 Å². The molecule has 112 valence electrons. The molecule has 0 spiro atoms. The Morgan fingerprint density at radius 2 is 1.67 bits per heavy atom. The van der Waals surface area contributed by atoms with Crippen molar-refractivity contribution in [3.05, 3.63) is 70.7 Å². The summed E-state index contributed by atoms with van der Waals surface area (Å²) in [6, 6.07) is 17.8. The number of aliphatic hydroxyl groups is 1. The molecule has 0 radical (unpaired) electrons. The van der Waals surface area contributed by atoms with Gasteiger partial charge in [0.1, 0.15) is 0 Å². The van der Waals surface area contributed by atoms with E-state index in [1.165, 1.54) is 0 Å². The van der Waals surface area contributed by atoms with E-state index in [0.717, 1.165) is 29.1 Å². The Labute approximate surface area is 132 Å². The highest BCUT2D eigenvalue weighted by Gasteiger charge is 2.20. The highest BCUT2D eigenvalue weighted by Crippen LogP contribution is 2.21. The van der Waals surface area contributed by atoms with Crippen molar-refractivity contribution in [2.75, 3.05) is 13.6 Å². The smallest absolute Gasteiger partial charge is 0.0942 e. The largest absolute Gasteiger partial charge is 0.387 e. The minimum Gasteiger partial charge on any atom is -0.387 e. The number of hydrogen-bond donors (Lipinski definition) is 1. The summed E-state index contributed by atoms with van der Waals surface area (Å²) in [6.07, 6.45) is 0.393. The summed E-state index contributed by atoms with van der Waals surface area (Å²) in [4.78, 5) is 2.17. The normalized spacial score (nSPS) is 14.1. The molecule has 0 aliphatic rings. The lowest BCUT2D eigenvalue weighted by Gasteiger charge is -2.29. The summed E-state index contributed by atoms with van der Waals surface area (Å²) in [7, 11) is 2.04. The predicted octanol–water partition coefficient (Wildman–Crippen LogP) is 3.94. The monoisotopic (exact) mass is 303 g/mol. The summed E-state index contributed by atoms with van der Waals surface area (Å²) in [6.45, 7) is 2.90. The summed E-state index contributed by atoms with van der Waals surface area (Å²) < 4.78 is 0. The number of halogens is 1. The first-order valence-corrected chi connectivity index (χ1v) is 7.64. The van der Waals surface area contributed by atoms with E-state index >= 15 is 0 Å². The van der Waals surface area contributed by atoms with Gasteiger partial charge in [-0.05, 0) is 37.6 Å². The van der Waals surface area contributed by atoms with Crippen LogP contribution in [0.2, 0.25) is 5.02 Å².